The summed E-state index contributed by atoms with van der Waals surface area (Å²) in [5.41, 5.74) is 1.03. The van der Waals surface area contributed by atoms with Gasteiger partial charge in [-0.2, -0.15) is 0 Å². The first-order valence-electron chi connectivity index (χ1n) is 3.88. The van der Waals surface area contributed by atoms with E-state index >= 15 is 0 Å². The van der Waals surface area contributed by atoms with Crippen LogP contribution in [0.5, 0.6) is 0 Å². The van der Waals surface area contributed by atoms with Crippen LogP contribution in [0.15, 0.2) is 18.2 Å². The van der Waals surface area contributed by atoms with Crippen molar-refractivity contribution in [2.75, 3.05) is 6.26 Å². The molecule has 0 heterocycles. The SMILES string of the molecule is CSC(=S)NCc1cc(Cl)cc(Cl)c1. The molecule has 5 heteroatoms. The van der Waals surface area contributed by atoms with Crippen LogP contribution in [0.25, 0.3) is 0 Å². The molecule has 1 aromatic rings. The second-order valence-corrected chi connectivity index (χ2v) is 4.98. The fraction of sp³-hybridized carbons (Fsp3) is 0.222. The van der Waals surface area contributed by atoms with E-state index in [1.54, 1.807) is 6.07 Å². The second-order valence-electron chi connectivity index (χ2n) is 2.62. The van der Waals surface area contributed by atoms with Crippen molar-refractivity contribution in [1.82, 2.24) is 5.32 Å². The zero-order valence-electron chi connectivity index (χ0n) is 7.51. The summed E-state index contributed by atoms with van der Waals surface area (Å²) in [6, 6.07) is 5.44. The Labute approximate surface area is 103 Å². The third-order valence-electron chi connectivity index (χ3n) is 1.54. The fourth-order valence-electron chi connectivity index (χ4n) is 0.959. The third-order valence-corrected chi connectivity index (χ3v) is 3.14. The molecule has 0 atom stereocenters. The van der Waals surface area contributed by atoms with E-state index in [0.29, 0.717) is 16.6 Å². The quantitative estimate of drug-likeness (QED) is 0.819. The number of nitrogens with one attached hydrogen (secondary N) is 1. The average Bonchev–Trinajstić information content (AvgIpc) is 2.12. The van der Waals surface area contributed by atoms with Crippen LogP contribution in [0.1, 0.15) is 5.56 Å². The van der Waals surface area contributed by atoms with Crippen LogP contribution >= 0.6 is 47.2 Å². The van der Waals surface area contributed by atoms with Gasteiger partial charge in [0.15, 0.2) is 0 Å². The smallest absolute Gasteiger partial charge is 0.133 e. The minimum Gasteiger partial charge on any atom is -0.367 e. The first-order valence-corrected chi connectivity index (χ1v) is 6.27. The van der Waals surface area contributed by atoms with Gasteiger partial charge in [0.1, 0.15) is 4.32 Å². The van der Waals surface area contributed by atoms with Crippen molar-refractivity contribution < 1.29 is 0 Å². The van der Waals surface area contributed by atoms with E-state index < -0.39 is 0 Å². The number of thioether (sulfide) groups is 1. The van der Waals surface area contributed by atoms with Crippen LogP contribution < -0.4 is 5.32 Å². The summed E-state index contributed by atoms with van der Waals surface area (Å²) in [7, 11) is 0. The van der Waals surface area contributed by atoms with Gasteiger partial charge in [0, 0.05) is 16.6 Å². The van der Waals surface area contributed by atoms with Crippen molar-refractivity contribution in [2.24, 2.45) is 0 Å². The summed E-state index contributed by atoms with van der Waals surface area (Å²) in [6.07, 6.45) is 1.93. The first kappa shape index (κ1) is 12.1. The lowest BCUT2D eigenvalue weighted by molar-refractivity contribution is 0.940. The van der Waals surface area contributed by atoms with Gasteiger partial charge in [0.2, 0.25) is 0 Å². The molecule has 0 aliphatic rings. The molecule has 0 aliphatic heterocycles. The zero-order valence-corrected chi connectivity index (χ0v) is 10.7. The maximum Gasteiger partial charge on any atom is 0.133 e. The highest BCUT2D eigenvalue weighted by atomic mass is 35.5. The van der Waals surface area contributed by atoms with E-state index in [2.05, 4.69) is 5.32 Å². The third kappa shape index (κ3) is 4.05. The highest BCUT2D eigenvalue weighted by Gasteiger charge is 1.99. The van der Waals surface area contributed by atoms with Crippen molar-refractivity contribution >= 4 is 51.5 Å². The molecule has 0 saturated heterocycles. The van der Waals surface area contributed by atoms with Crippen molar-refractivity contribution in [3.8, 4) is 0 Å². The Hall–Kier alpha value is 0.0400. The van der Waals surface area contributed by atoms with Gasteiger partial charge in [-0.15, -0.1) is 11.8 Å². The number of rotatable bonds is 2. The fourth-order valence-corrected chi connectivity index (χ4v) is 1.82. The molecular weight excluding hydrogens is 257 g/mol. The predicted molar refractivity (Wildman–Crippen MR) is 69.4 cm³/mol. The van der Waals surface area contributed by atoms with Crippen molar-refractivity contribution in [3.63, 3.8) is 0 Å². The number of halogens is 2. The van der Waals surface area contributed by atoms with Crippen molar-refractivity contribution in [2.45, 2.75) is 6.54 Å². The Morgan fingerprint density at radius 3 is 2.43 bits per heavy atom. The van der Waals surface area contributed by atoms with Gasteiger partial charge in [0.25, 0.3) is 0 Å². The molecule has 0 spiro atoms. The maximum absolute atomic E-state index is 5.85. The summed E-state index contributed by atoms with van der Waals surface area (Å²) in [4.78, 5) is 0. The normalized spacial score (nSPS) is 9.93. The lowest BCUT2D eigenvalue weighted by Crippen LogP contribution is -2.17. The summed E-state index contributed by atoms with van der Waals surface area (Å²) >= 11 is 18.2. The van der Waals surface area contributed by atoms with Gasteiger partial charge < -0.3 is 5.32 Å². The van der Waals surface area contributed by atoms with E-state index in [0.717, 1.165) is 9.88 Å². The van der Waals surface area contributed by atoms with E-state index in [1.807, 2.05) is 18.4 Å². The molecule has 0 fully saturated rings. The van der Waals surface area contributed by atoms with E-state index in [9.17, 15) is 0 Å². The summed E-state index contributed by atoms with van der Waals surface area (Å²) in [5, 5.41) is 4.37. The lowest BCUT2D eigenvalue weighted by Gasteiger charge is -2.06. The Morgan fingerprint density at radius 2 is 1.93 bits per heavy atom. The van der Waals surface area contributed by atoms with Crippen molar-refractivity contribution in [1.29, 1.82) is 0 Å². The monoisotopic (exact) mass is 265 g/mol. The molecule has 0 saturated carbocycles. The largest absolute Gasteiger partial charge is 0.367 e. The number of thiocarbonyl (C=S) groups is 1. The second kappa shape index (κ2) is 5.81. The molecule has 1 N–H and O–H groups in total. The van der Waals surface area contributed by atoms with E-state index in [4.69, 9.17) is 35.4 Å². The van der Waals surface area contributed by atoms with Crippen LogP contribution in [0.3, 0.4) is 0 Å². The van der Waals surface area contributed by atoms with Crippen molar-refractivity contribution in [3.05, 3.63) is 33.8 Å². The standard InChI is InChI=1S/C9H9Cl2NS2/c1-14-9(13)12-5-6-2-7(10)4-8(11)3-6/h2-4H,5H2,1H3,(H,12,13). The van der Waals surface area contributed by atoms with E-state index in [1.165, 1.54) is 11.8 Å². The summed E-state index contributed by atoms with van der Waals surface area (Å²) < 4.78 is 0.765. The van der Waals surface area contributed by atoms with Crippen LogP contribution in [0, 0.1) is 0 Å². The van der Waals surface area contributed by atoms with Gasteiger partial charge in [-0.05, 0) is 30.0 Å². The topological polar surface area (TPSA) is 12.0 Å². The maximum atomic E-state index is 5.85. The van der Waals surface area contributed by atoms with Gasteiger partial charge in [-0.1, -0.05) is 35.4 Å². The van der Waals surface area contributed by atoms with Crippen LogP contribution in [0.2, 0.25) is 10.0 Å². The number of benzene rings is 1. The number of hydrogen-bond donors (Lipinski definition) is 1. The molecule has 1 aromatic carbocycles. The molecule has 0 bridgehead atoms. The van der Waals surface area contributed by atoms with Gasteiger partial charge >= 0.3 is 0 Å². The van der Waals surface area contributed by atoms with Crippen LogP contribution in [-0.4, -0.2) is 10.6 Å². The first-order chi connectivity index (χ1) is 6.61. The lowest BCUT2D eigenvalue weighted by atomic mass is 10.2. The summed E-state index contributed by atoms with van der Waals surface area (Å²) in [5.74, 6) is 0. The van der Waals surface area contributed by atoms with Crippen LogP contribution in [0.4, 0.5) is 0 Å². The molecule has 0 amide bonds. The van der Waals surface area contributed by atoms with Gasteiger partial charge in [-0.3, -0.25) is 0 Å². The van der Waals surface area contributed by atoms with Crippen LogP contribution in [-0.2, 0) is 6.54 Å². The molecule has 1 nitrogen and oxygen atoms in total. The molecule has 76 valence electrons. The Bertz CT molecular complexity index is 321. The Morgan fingerprint density at radius 1 is 1.36 bits per heavy atom. The predicted octanol–water partition coefficient (Wildman–Crippen LogP) is 3.73. The van der Waals surface area contributed by atoms with Gasteiger partial charge in [-0.25, -0.2) is 0 Å². The molecule has 0 aromatic heterocycles. The number of hydrogen-bond acceptors (Lipinski definition) is 2. The molecule has 0 unspecified atom stereocenters. The molecule has 1 rings (SSSR count). The Kier molecular flexibility index (Phi) is 5.02. The van der Waals surface area contributed by atoms with E-state index in [-0.39, 0.29) is 0 Å². The highest BCUT2D eigenvalue weighted by molar-refractivity contribution is 8.22. The minimum atomic E-state index is 0.643. The minimum absolute atomic E-state index is 0.643. The summed E-state index contributed by atoms with van der Waals surface area (Å²) in [6.45, 7) is 0.653. The average molecular weight is 266 g/mol. The zero-order chi connectivity index (χ0) is 10.6. The molecule has 0 aliphatic carbocycles. The molecule has 14 heavy (non-hydrogen) atoms. The van der Waals surface area contributed by atoms with Gasteiger partial charge in [0.05, 0.1) is 0 Å². The molecule has 0 radical (unpaired) electrons. The highest BCUT2D eigenvalue weighted by Crippen LogP contribution is 2.18. The Balaban J connectivity index is 2.63. The molecular formula is C9H9Cl2NS2.